The lowest BCUT2D eigenvalue weighted by Crippen LogP contribution is -2.24. The first-order valence-corrected chi connectivity index (χ1v) is 7.82. The van der Waals surface area contributed by atoms with Crippen molar-refractivity contribution in [2.75, 3.05) is 18.5 Å². The summed E-state index contributed by atoms with van der Waals surface area (Å²) in [4.78, 5) is 0. The summed E-state index contributed by atoms with van der Waals surface area (Å²) in [5, 5.41) is 3.63. The number of aromatic nitrogens is 1. The molecule has 0 fully saturated rings. The third kappa shape index (κ3) is 1.91. The van der Waals surface area contributed by atoms with Crippen LogP contribution in [0.15, 0.2) is 60.8 Å². The lowest BCUT2D eigenvalue weighted by atomic mass is 10.0. The minimum atomic E-state index is 0.0470. The van der Waals surface area contributed by atoms with Crippen LogP contribution in [0.1, 0.15) is 11.7 Å². The summed E-state index contributed by atoms with van der Waals surface area (Å²) >= 11 is 0. The second-order valence-electron chi connectivity index (χ2n) is 5.80. The zero-order valence-corrected chi connectivity index (χ0v) is 12.5. The number of nitrogens with zero attached hydrogens (tertiary/aromatic N) is 1. The van der Waals surface area contributed by atoms with E-state index in [9.17, 15) is 0 Å². The van der Waals surface area contributed by atoms with Crippen LogP contribution in [0.3, 0.4) is 0 Å². The summed E-state index contributed by atoms with van der Waals surface area (Å²) in [6, 6.07) is 18.8. The summed E-state index contributed by atoms with van der Waals surface area (Å²) in [5.41, 5.74) is 4.75. The molecule has 0 bridgehead atoms. The number of para-hydroxylation sites is 1. The van der Waals surface area contributed by atoms with Crippen molar-refractivity contribution in [2.24, 2.45) is 0 Å². The normalized spacial score (nSPS) is 17.8. The van der Waals surface area contributed by atoms with Crippen molar-refractivity contribution >= 4 is 5.69 Å². The van der Waals surface area contributed by atoms with Crippen LogP contribution in [0.25, 0.3) is 11.3 Å². The second-order valence-corrected chi connectivity index (χ2v) is 5.80. The minimum Gasteiger partial charge on any atom is -0.486 e. The first-order valence-electron chi connectivity index (χ1n) is 7.82. The van der Waals surface area contributed by atoms with Crippen LogP contribution in [-0.4, -0.2) is 17.8 Å². The van der Waals surface area contributed by atoms with Gasteiger partial charge >= 0.3 is 0 Å². The van der Waals surface area contributed by atoms with Crippen LogP contribution < -0.4 is 14.8 Å². The van der Waals surface area contributed by atoms with Crippen molar-refractivity contribution < 1.29 is 9.47 Å². The van der Waals surface area contributed by atoms with E-state index in [1.54, 1.807) is 0 Å². The van der Waals surface area contributed by atoms with Gasteiger partial charge in [-0.1, -0.05) is 24.3 Å². The molecule has 23 heavy (non-hydrogen) atoms. The Balaban J connectivity index is 1.62. The van der Waals surface area contributed by atoms with Crippen LogP contribution in [-0.2, 0) is 0 Å². The lowest BCUT2D eigenvalue weighted by molar-refractivity contribution is 0.171. The van der Waals surface area contributed by atoms with Gasteiger partial charge in [-0.15, -0.1) is 0 Å². The first kappa shape index (κ1) is 12.6. The SMILES string of the molecule is c1ccc2c(c1)N[C@H](c1ccc3c(c1)OCCO3)n1cccc1-2. The third-order valence-electron chi connectivity index (χ3n) is 4.43. The van der Waals surface area contributed by atoms with E-state index >= 15 is 0 Å². The standard InChI is InChI=1S/C19H16N2O2/c1-2-5-15-14(4-1)16-6-3-9-21(16)19(20-15)13-7-8-17-18(12-13)23-11-10-22-17/h1-9,12,19-20H,10-11H2/t19-/m0/s1. The molecular formula is C19H16N2O2. The van der Waals surface area contributed by atoms with Crippen LogP contribution in [0.5, 0.6) is 11.5 Å². The number of hydrogen-bond acceptors (Lipinski definition) is 3. The van der Waals surface area contributed by atoms with Gasteiger partial charge in [-0.25, -0.2) is 0 Å². The van der Waals surface area contributed by atoms with Crippen molar-refractivity contribution in [2.45, 2.75) is 6.17 Å². The van der Waals surface area contributed by atoms with Gasteiger partial charge in [-0.3, -0.25) is 0 Å². The number of anilines is 1. The molecule has 1 N–H and O–H groups in total. The van der Waals surface area contributed by atoms with Gasteiger partial charge in [-0.05, 0) is 35.9 Å². The number of nitrogens with one attached hydrogen (secondary N) is 1. The number of benzene rings is 2. The number of fused-ring (bicyclic) bond motifs is 4. The maximum Gasteiger partial charge on any atom is 0.161 e. The third-order valence-corrected chi connectivity index (χ3v) is 4.43. The molecule has 0 amide bonds. The first-order chi connectivity index (χ1) is 11.4. The monoisotopic (exact) mass is 304 g/mol. The lowest BCUT2D eigenvalue weighted by Gasteiger charge is -2.31. The van der Waals surface area contributed by atoms with Crippen LogP contribution in [0, 0.1) is 0 Å². The van der Waals surface area contributed by atoms with E-state index in [4.69, 9.17) is 9.47 Å². The van der Waals surface area contributed by atoms with Crippen molar-refractivity contribution in [1.82, 2.24) is 4.57 Å². The average Bonchev–Trinajstić information content (AvgIpc) is 3.11. The van der Waals surface area contributed by atoms with E-state index in [0.29, 0.717) is 13.2 Å². The van der Waals surface area contributed by atoms with Gasteiger partial charge < -0.3 is 19.4 Å². The molecule has 3 heterocycles. The molecule has 0 saturated carbocycles. The minimum absolute atomic E-state index is 0.0470. The molecule has 0 aliphatic carbocycles. The van der Waals surface area contributed by atoms with Crippen molar-refractivity contribution in [3.8, 4) is 22.8 Å². The molecule has 2 aliphatic rings. The predicted octanol–water partition coefficient (Wildman–Crippen LogP) is 3.90. The zero-order chi connectivity index (χ0) is 15.2. The van der Waals surface area contributed by atoms with Gasteiger partial charge in [-0.2, -0.15) is 0 Å². The maximum atomic E-state index is 5.73. The highest BCUT2D eigenvalue weighted by molar-refractivity contribution is 5.79. The molecule has 0 spiro atoms. The average molecular weight is 304 g/mol. The molecule has 0 unspecified atom stereocenters. The van der Waals surface area contributed by atoms with Crippen LogP contribution in [0.2, 0.25) is 0 Å². The summed E-state index contributed by atoms with van der Waals surface area (Å²) in [6.07, 6.45) is 2.16. The fourth-order valence-electron chi connectivity index (χ4n) is 3.37. The molecule has 2 aliphatic heterocycles. The van der Waals surface area contributed by atoms with Crippen LogP contribution in [0.4, 0.5) is 5.69 Å². The van der Waals surface area contributed by atoms with E-state index in [1.165, 1.54) is 11.3 Å². The van der Waals surface area contributed by atoms with E-state index in [1.807, 2.05) is 6.07 Å². The molecule has 0 radical (unpaired) electrons. The van der Waals surface area contributed by atoms with Gasteiger partial charge in [0.2, 0.25) is 0 Å². The molecule has 114 valence electrons. The Morgan fingerprint density at radius 1 is 0.913 bits per heavy atom. The maximum absolute atomic E-state index is 5.73. The Hall–Kier alpha value is -2.88. The Bertz CT molecular complexity index is 885. The zero-order valence-electron chi connectivity index (χ0n) is 12.5. The highest BCUT2D eigenvalue weighted by atomic mass is 16.6. The molecule has 2 aromatic carbocycles. The molecule has 4 nitrogen and oxygen atoms in total. The summed E-state index contributed by atoms with van der Waals surface area (Å²) in [5.74, 6) is 1.65. The molecule has 1 atom stereocenters. The number of ether oxygens (including phenoxy) is 2. The van der Waals surface area contributed by atoms with Gasteiger partial charge in [0.15, 0.2) is 11.5 Å². The topological polar surface area (TPSA) is 35.4 Å². The fraction of sp³-hybridized carbons (Fsp3) is 0.158. The number of rotatable bonds is 1. The van der Waals surface area contributed by atoms with E-state index in [-0.39, 0.29) is 6.17 Å². The molecule has 1 aromatic heterocycles. The van der Waals surface area contributed by atoms with E-state index < -0.39 is 0 Å². The fourth-order valence-corrected chi connectivity index (χ4v) is 3.37. The highest BCUT2D eigenvalue weighted by Crippen LogP contribution is 2.40. The molecule has 4 heteroatoms. The van der Waals surface area contributed by atoms with Crippen molar-refractivity contribution in [3.05, 3.63) is 66.4 Å². The van der Waals surface area contributed by atoms with Crippen molar-refractivity contribution in [3.63, 3.8) is 0 Å². The number of hydrogen-bond donors (Lipinski definition) is 1. The Morgan fingerprint density at radius 2 is 1.78 bits per heavy atom. The summed E-state index contributed by atoms with van der Waals surface area (Å²) in [6.45, 7) is 1.22. The Morgan fingerprint density at radius 3 is 2.74 bits per heavy atom. The van der Waals surface area contributed by atoms with Crippen molar-refractivity contribution in [1.29, 1.82) is 0 Å². The molecule has 3 aromatic rings. The Labute approximate surface area is 134 Å². The quantitative estimate of drug-likeness (QED) is 0.740. The largest absolute Gasteiger partial charge is 0.486 e. The smallest absolute Gasteiger partial charge is 0.161 e. The van der Waals surface area contributed by atoms with Gasteiger partial charge in [0.05, 0.1) is 5.69 Å². The predicted molar refractivity (Wildman–Crippen MR) is 89.1 cm³/mol. The van der Waals surface area contributed by atoms with Gasteiger partial charge in [0.1, 0.15) is 19.4 Å². The molecule has 0 saturated heterocycles. The summed E-state index contributed by atoms with van der Waals surface area (Å²) < 4.78 is 13.6. The Kier molecular flexibility index (Phi) is 2.65. The molecular weight excluding hydrogens is 288 g/mol. The van der Waals surface area contributed by atoms with E-state index in [2.05, 4.69) is 64.6 Å². The highest BCUT2D eigenvalue weighted by Gasteiger charge is 2.25. The van der Waals surface area contributed by atoms with Gasteiger partial charge in [0.25, 0.3) is 0 Å². The second kappa shape index (κ2) is 4.81. The molecule has 5 rings (SSSR count). The van der Waals surface area contributed by atoms with Crippen LogP contribution >= 0.6 is 0 Å². The summed E-state index contributed by atoms with van der Waals surface area (Å²) in [7, 11) is 0. The van der Waals surface area contributed by atoms with Gasteiger partial charge in [0, 0.05) is 17.4 Å². The van der Waals surface area contributed by atoms with E-state index in [0.717, 1.165) is 22.7 Å².